The van der Waals surface area contributed by atoms with Crippen molar-refractivity contribution in [1.29, 1.82) is 0 Å². The highest BCUT2D eigenvalue weighted by Gasteiger charge is 2.28. The molecule has 2 amide bonds. The highest BCUT2D eigenvalue weighted by atomic mass is 35.5. The van der Waals surface area contributed by atoms with Crippen LogP contribution in [0.25, 0.3) is 0 Å². The maximum atomic E-state index is 13.0. The molecule has 0 radical (unpaired) electrons. The summed E-state index contributed by atoms with van der Waals surface area (Å²) < 4.78 is 0. The number of nitrogens with zero attached hydrogens (tertiary/aromatic N) is 1. The lowest BCUT2D eigenvalue weighted by Crippen LogP contribution is -2.51. The Labute approximate surface area is 183 Å². The Balaban J connectivity index is 1.68. The monoisotopic (exact) mass is 427 g/mol. The molecule has 160 valence electrons. The summed E-state index contributed by atoms with van der Waals surface area (Å²) in [5.41, 5.74) is 1.57. The highest BCUT2D eigenvalue weighted by Crippen LogP contribution is 2.24. The quantitative estimate of drug-likeness (QED) is 0.668. The van der Waals surface area contributed by atoms with E-state index in [1.54, 1.807) is 24.3 Å². The molecule has 3 rings (SSSR count). The minimum Gasteiger partial charge on any atom is -0.352 e. The second kappa shape index (κ2) is 10.6. The van der Waals surface area contributed by atoms with E-state index in [1.165, 1.54) is 18.4 Å². The number of carbonyl (C=O) groups is 2. The van der Waals surface area contributed by atoms with E-state index >= 15 is 0 Å². The van der Waals surface area contributed by atoms with Crippen LogP contribution in [0.2, 0.25) is 5.02 Å². The first-order valence-electron chi connectivity index (χ1n) is 10.6. The van der Waals surface area contributed by atoms with Crippen molar-refractivity contribution < 1.29 is 9.59 Å². The Morgan fingerprint density at radius 3 is 2.27 bits per heavy atom. The highest BCUT2D eigenvalue weighted by molar-refractivity contribution is 6.33. The predicted molar refractivity (Wildman–Crippen MR) is 121 cm³/mol. The number of amides is 2. The predicted octanol–water partition coefficient (Wildman–Crippen LogP) is 4.05. The summed E-state index contributed by atoms with van der Waals surface area (Å²) in [6, 6.07) is 16.6. The maximum Gasteiger partial charge on any atom is 0.253 e. The Morgan fingerprint density at radius 2 is 1.63 bits per heavy atom. The molecule has 1 aliphatic rings. The topological polar surface area (TPSA) is 61.4 Å². The number of rotatable bonds is 8. The molecule has 0 aromatic heterocycles. The van der Waals surface area contributed by atoms with E-state index in [1.807, 2.05) is 32.0 Å². The van der Waals surface area contributed by atoms with Gasteiger partial charge in [-0.1, -0.05) is 67.9 Å². The van der Waals surface area contributed by atoms with Gasteiger partial charge in [0.2, 0.25) is 5.91 Å². The van der Waals surface area contributed by atoms with Gasteiger partial charge in [0, 0.05) is 6.54 Å². The average Bonchev–Trinajstić information content (AvgIpc) is 3.27. The molecule has 0 unspecified atom stereocenters. The lowest BCUT2D eigenvalue weighted by molar-refractivity contribution is -0.124. The molecule has 6 heteroatoms. The van der Waals surface area contributed by atoms with Crippen LogP contribution in [0.4, 0.5) is 0 Å². The molecular weight excluding hydrogens is 398 g/mol. The molecular formula is C24H30ClN3O2. The van der Waals surface area contributed by atoms with Gasteiger partial charge in [-0.25, -0.2) is 0 Å². The molecule has 5 nitrogen and oxygen atoms in total. The first-order chi connectivity index (χ1) is 14.5. The van der Waals surface area contributed by atoms with Crippen molar-refractivity contribution >= 4 is 23.4 Å². The molecule has 2 aromatic carbocycles. The normalized spacial score (nSPS) is 16.3. The van der Waals surface area contributed by atoms with Crippen LogP contribution in [-0.4, -0.2) is 42.4 Å². The van der Waals surface area contributed by atoms with E-state index in [0.29, 0.717) is 17.1 Å². The van der Waals surface area contributed by atoms with E-state index in [2.05, 4.69) is 27.7 Å². The first-order valence-corrected chi connectivity index (χ1v) is 11.0. The van der Waals surface area contributed by atoms with Crippen LogP contribution in [0.1, 0.15) is 48.7 Å². The van der Waals surface area contributed by atoms with Gasteiger partial charge in [-0.15, -0.1) is 0 Å². The number of hydrogen-bond donors (Lipinski definition) is 2. The van der Waals surface area contributed by atoms with E-state index in [9.17, 15) is 9.59 Å². The van der Waals surface area contributed by atoms with Crippen molar-refractivity contribution in [1.82, 2.24) is 15.5 Å². The van der Waals surface area contributed by atoms with Gasteiger partial charge in [-0.05, 0) is 49.5 Å². The Hall–Kier alpha value is -2.37. The van der Waals surface area contributed by atoms with Crippen LogP contribution in [0.15, 0.2) is 54.6 Å². The molecule has 0 bridgehead atoms. The van der Waals surface area contributed by atoms with E-state index in [0.717, 1.165) is 13.1 Å². The van der Waals surface area contributed by atoms with Gasteiger partial charge in [0.1, 0.15) is 6.04 Å². The van der Waals surface area contributed by atoms with Crippen molar-refractivity contribution in [3.05, 3.63) is 70.7 Å². The summed E-state index contributed by atoms with van der Waals surface area (Å²) in [5.74, 6) is -0.572. The zero-order valence-corrected chi connectivity index (χ0v) is 18.4. The summed E-state index contributed by atoms with van der Waals surface area (Å²) in [7, 11) is 0. The summed E-state index contributed by atoms with van der Waals surface area (Å²) in [6.45, 7) is 6.42. The van der Waals surface area contributed by atoms with Gasteiger partial charge in [0.25, 0.3) is 5.91 Å². The molecule has 1 heterocycles. The van der Waals surface area contributed by atoms with Gasteiger partial charge >= 0.3 is 0 Å². The van der Waals surface area contributed by atoms with Crippen molar-refractivity contribution in [3.8, 4) is 0 Å². The smallest absolute Gasteiger partial charge is 0.253 e. The van der Waals surface area contributed by atoms with Crippen molar-refractivity contribution in [2.75, 3.05) is 19.6 Å². The maximum absolute atomic E-state index is 13.0. The molecule has 2 atom stereocenters. The molecule has 1 fully saturated rings. The fourth-order valence-electron chi connectivity index (χ4n) is 3.89. The zero-order valence-electron chi connectivity index (χ0n) is 17.6. The van der Waals surface area contributed by atoms with Crippen LogP contribution in [0, 0.1) is 5.92 Å². The molecule has 0 spiro atoms. The first kappa shape index (κ1) is 22.3. The SMILES string of the molecule is CC(C)[C@@H](NC(=O)c1ccccc1Cl)C(=O)NC[C@@H](c1ccccc1)N1CCCC1. The van der Waals surface area contributed by atoms with Gasteiger partial charge in [0.05, 0.1) is 16.6 Å². The Morgan fingerprint density at radius 1 is 1.00 bits per heavy atom. The third kappa shape index (κ3) is 5.61. The average molecular weight is 428 g/mol. The van der Waals surface area contributed by atoms with Crippen molar-refractivity contribution in [3.63, 3.8) is 0 Å². The summed E-state index contributed by atoms with van der Waals surface area (Å²) >= 11 is 6.14. The van der Waals surface area contributed by atoms with Crippen molar-refractivity contribution in [2.45, 2.75) is 38.8 Å². The molecule has 0 aliphatic carbocycles. The summed E-state index contributed by atoms with van der Waals surface area (Å²) in [4.78, 5) is 28.1. The molecule has 2 aromatic rings. The number of nitrogens with one attached hydrogen (secondary N) is 2. The fourth-order valence-corrected chi connectivity index (χ4v) is 4.11. The number of benzene rings is 2. The second-order valence-corrected chi connectivity index (χ2v) is 8.50. The van der Waals surface area contributed by atoms with Crippen LogP contribution in [-0.2, 0) is 4.79 Å². The number of carbonyl (C=O) groups excluding carboxylic acids is 2. The molecule has 0 saturated carbocycles. The molecule has 1 saturated heterocycles. The van der Waals surface area contributed by atoms with Gasteiger partial charge in [-0.2, -0.15) is 0 Å². The van der Waals surface area contributed by atoms with Crippen molar-refractivity contribution in [2.24, 2.45) is 5.92 Å². The third-order valence-electron chi connectivity index (χ3n) is 5.59. The fraction of sp³-hybridized carbons (Fsp3) is 0.417. The Bertz CT molecular complexity index is 851. The lowest BCUT2D eigenvalue weighted by Gasteiger charge is -2.29. The number of likely N-dealkylation sites (tertiary alicyclic amines) is 1. The van der Waals surface area contributed by atoms with Crippen LogP contribution in [0.5, 0.6) is 0 Å². The van der Waals surface area contributed by atoms with Gasteiger partial charge in [-0.3, -0.25) is 14.5 Å². The number of hydrogen-bond acceptors (Lipinski definition) is 3. The third-order valence-corrected chi connectivity index (χ3v) is 5.92. The summed E-state index contributed by atoms with van der Waals surface area (Å²) in [5, 5.41) is 6.31. The Kier molecular flexibility index (Phi) is 7.88. The standard InChI is InChI=1S/C24H30ClN3O2/c1-17(2)22(27-23(29)19-12-6-7-13-20(19)25)24(30)26-16-21(28-14-8-9-15-28)18-10-4-3-5-11-18/h3-7,10-13,17,21-22H,8-9,14-16H2,1-2H3,(H,26,30)(H,27,29)/t21-,22+/m0/s1. The van der Waals surface area contributed by atoms with E-state index in [-0.39, 0.29) is 23.8 Å². The van der Waals surface area contributed by atoms with Gasteiger partial charge in [0.15, 0.2) is 0 Å². The van der Waals surface area contributed by atoms with Gasteiger partial charge < -0.3 is 10.6 Å². The van der Waals surface area contributed by atoms with Crippen LogP contribution >= 0.6 is 11.6 Å². The number of halogens is 1. The van der Waals surface area contributed by atoms with E-state index in [4.69, 9.17) is 11.6 Å². The minimum atomic E-state index is -0.635. The molecule has 2 N–H and O–H groups in total. The van der Waals surface area contributed by atoms with E-state index < -0.39 is 6.04 Å². The molecule has 1 aliphatic heterocycles. The zero-order chi connectivity index (χ0) is 21.5. The second-order valence-electron chi connectivity index (χ2n) is 8.09. The lowest BCUT2D eigenvalue weighted by atomic mass is 10.0. The van der Waals surface area contributed by atoms with Crippen LogP contribution < -0.4 is 10.6 Å². The summed E-state index contributed by atoms with van der Waals surface area (Å²) in [6.07, 6.45) is 2.36. The molecule has 30 heavy (non-hydrogen) atoms. The minimum absolute atomic E-state index is 0.0570. The largest absolute Gasteiger partial charge is 0.352 e. The van der Waals surface area contributed by atoms with Crippen LogP contribution in [0.3, 0.4) is 0 Å².